The van der Waals surface area contributed by atoms with Crippen LogP contribution < -0.4 is 5.32 Å². The van der Waals surface area contributed by atoms with Crippen molar-refractivity contribution in [2.24, 2.45) is 11.8 Å². The number of carbonyl (C=O) groups excluding carboxylic acids is 3. The van der Waals surface area contributed by atoms with Crippen molar-refractivity contribution >= 4 is 17.7 Å². The SMILES string of the molecule is COCCCN1C(=O)C(CC(=O)NCC2CCCCC2)CC(C(=O)N2CCOCC2)=C1C. The summed E-state index contributed by atoms with van der Waals surface area (Å²) in [5, 5.41) is 3.05. The Morgan fingerprint density at radius 2 is 1.88 bits per heavy atom. The van der Waals surface area contributed by atoms with Crippen LogP contribution in [0.15, 0.2) is 11.3 Å². The number of allylic oxidation sites excluding steroid dienone is 1. The number of hydrogen-bond acceptors (Lipinski definition) is 5. The molecule has 1 saturated carbocycles. The van der Waals surface area contributed by atoms with E-state index >= 15 is 0 Å². The molecule has 1 aliphatic carbocycles. The van der Waals surface area contributed by atoms with Gasteiger partial charge in [-0.1, -0.05) is 19.3 Å². The average molecular weight is 450 g/mol. The quantitative estimate of drug-likeness (QED) is 0.545. The van der Waals surface area contributed by atoms with Crippen LogP contribution in [0.5, 0.6) is 0 Å². The molecule has 2 aliphatic heterocycles. The molecule has 1 saturated heterocycles. The molecule has 0 bridgehead atoms. The van der Waals surface area contributed by atoms with Gasteiger partial charge in [0, 0.05) is 57.6 Å². The molecule has 0 aromatic rings. The topological polar surface area (TPSA) is 88.2 Å². The molecule has 1 unspecified atom stereocenters. The second-order valence-corrected chi connectivity index (χ2v) is 9.22. The highest BCUT2D eigenvalue weighted by Crippen LogP contribution is 2.31. The van der Waals surface area contributed by atoms with E-state index in [1.807, 2.05) is 6.92 Å². The van der Waals surface area contributed by atoms with Crippen LogP contribution in [-0.2, 0) is 23.9 Å². The Morgan fingerprint density at radius 3 is 2.56 bits per heavy atom. The molecule has 0 spiro atoms. The molecule has 0 radical (unpaired) electrons. The molecule has 8 nitrogen and oxygen atoms in total. The maximum Gasteiger partial charge on any atom is 0.251 e. The molecule has 2 fully saturated rings. The van der Waals surface area contributed by atoms with Crippen molar-refractivity contribution in [3.63, 3.8) is 0 Å². The third-order valence-corrected chi connectivity index (χ3v) is 6.94. The summed E-state index contributed by atoms with van der Waals surface area (Å²) in [4.78, 5) is 42.7. The number of rotatable bonds is 9. The first-order valence-corrected chi connectivity index (χ1v) is 12.1. The normalized spacial score (nSPS) is 22.9. The number of morpholine rings is 1. The maximum absolute atomic E-state index is 13.3. The molecule has 0 aromatic carbocycles. The standard InChI is InChI=1S/C24H39N3O5/c1-18-21(24(30)26-10-13-32-14-11-26)15-20(23(29)27(18)9-6-12-31-2)16-22(28)25-17-19-7-4-3-5-8-19/h19-20H,3-17H2,1-2H3,(H,25,28). The van der Waals surface area contributed by atoms with Gasteiger partial charge < -0.3 is 24.6 Å². The smallest absolute Gasteiger partial charge is 0.251 e. The fourth-order valence-corrected chi connectivity index (χ4v) is 4.98. The lowest BCUT2D eigenvalue weighted by molar-refractivity contribution is -0.139. The lowest BCUT2D eigenvalue weighted by Crippen LogP contribution is -2.47. The number of methoxy groups -OCH3 is 1. The van der Waals surface area contributed by atoms with Crippen LogP contribution in [-0.4, -0.2) is 80.6 Å². The summed E-state index contributed by atoms with van der Waals surface area (Å²) in [5.74, 6) is -0.162. The average Bonchev–Trinajstić information content (AvgIpc) is 2.82. The van der Waals surface area contributed by atoms with Gasteiger partial charge in [-0.25, -0.2) is 0 Å². The first kappa shape index (κ1) is 24.7. The molecular formula is C24H39N3O5. The predicted octanol–water partition coefficient (Wildman–Crippen LogP) is 2.09. The summed E-state index contributed by atoms with van der Waals surface area (Å²) in [6.07, 6.45) is 7.19. The van der Waals surface area contributed by atoms with E-state index in [0.29, 0.717) is 76.0 Å². The number of carbonyl (C=O) groups is 3. The molecule has 1 atom stereocenters. The van der Waals surface area contributed by atoms with Gasteiger partial charge in [0.1, 0.15) is 0 Å². The van der Waals surface area contributed by atoms with E-state index in [-0.39, 0.29) is 24.1 Å². The van der Waals surface area contributed by atoms with Gasteiger partial charge in [-0.3, -0.25) is 14.4 Å². The van der Waals surface area contributed by atoms with E-state index in [1.165, 1.54) is 19.3 Å². The van der Waals surface area contributed by atoms with Gasteiger partial charge in [0.05, 0.1) is 19.1 Å². The predicted molar refractivity (Wildman–Crippen MR) is 121 cm³/mol. The highest BCUT2D eigenvalue weighted by Gasteiger charge is 2.37. The summed E-state index contributed by atoms with van der Waals surface area (Å²) in [5.41, 5.74) is 1.36. The number of nitrogens with one attached hydrogen (secondary N) is 1. The van der Waals surface area contributed by atoms with Gasteiger partial charge in [0.25, 0.3) is 5.91 Å². The van der Waals surface area contributed by atoms with E-state index in [9.17, 15) is 14.4 Å². The summed E-state index contributed by atoms with van der Waals surface area (Å²) in [7, 11) is 1.63. The van der Waals surface area contributed by atoms with Crippen LogP contribution in [0.25, 0.3) is 0 Å². The molecule has 180 valence electrons. The number of ether oxygens (including phenoxy) is 2. The van der Waals surface area contributed by atoms with Gasteiger partial charge in [-0.05, 0) is 38.5 Å². The fourth-order valence-electron chi connectivity index (χ4n) is 4.98. The Bertz CT molecular complexity index is 696. The van der Waals surface area contributed by atoms with Crippen LogP contribution in [0, 0.1) is 11.8 Å². The molecule has 2 heterocycles. The maximum atomic E-state index is 13.3. The summed E-state index contributed by atoms with van der Waals surface area (Å²) in [6, 6.07) is 0. The Hall–Kier alpha value is -1.93. The first-order valence-electron chi connectivity index (χ1n) is 12.1. The van der Waals surface area contributed by atoms with Crippen molar-refractivity contribution in [1.82, 2.24) is 15.1 Å². The Morgan fingerprint density at radius 1 is 1.16 bits per heavy atom. The minimum Gasteiger partial charge on any atom is -0.385 e. The Kier molecular flexibility index (Phi) is 9.53. The highest BCUT2D eigenvalue weighted by atomic mass is 16.5. The zero-order valence-corrected chi connectivity index (χ0v) is 19.7. The summed E-state index contributed by atoms with van der Waals surface area (Å²) >= 11 is 0. The van der Waals surface area contributed by atoms with E-state index in [2.05, 4.69) is 5.32 Å². The van der Waals surface area contributed by atoms with Crippen molar-refractivity contribution < 1.29 is 23.9 Å². The van der Waals surface area contributed by atoms with Crippen LogP contribution in [0.3, 0.4) is 0 Å². The molecule has 32 heavy (non-hydrogen) atoms. The van der Waals surface area contributed by atoms with Crippen LogP contribution in [0.4, 0.5) is 0 Å². The van der Waals surface area contributed by atoms with E-state index in [1.54, 1.807) is 16.9 Å². The molecule has 0 aromatic heterocycles. The van der Waals surface area contributed by atoms with E-state index in [0.717, 1.165) is 12.8 Å². The molecular weight excluding hydrogens is 410 g/mol. The minimum atomic E-state index is -0.507. The molecule has 3 amide bonds. The fraction of sp³-hybridized carbons (Fsp3) is 0.792. The van der Waals surface area contributed by atoms with Crippen molar-refractivity contribution in [2.45, 2.75) is 58.3 Å². The van der Waals surface area contributed by atoms with Crippen LogP contribution >= 0.6 is 0 Å². The zero-order chi connectivity index (χ0) is 22.9. The number of hydrogen-bond donors (Lipinski definition) is 1. The molecule has 3 rings (SSSR count). The first-order chi connectivity index (χ1) is 15.5. The monoisotopic (exact) mass is 449 g/mol. The van der Waals surface area contributed by atoms with E-state index in [4.69, 9.17) is 9.47 Å². The Balaban J connectivity index is 1.67. The lowest BCUT2D eigenvalue weighted by atomic mass is 9.87. The Labute approximate surface area is 191 Å². The second kappa shape index (κ2) is 12.3. The van der Waals surface area contributed by atoms with Gasteiger partial charge in [-0.2, -0.15) is 0 Å². The second-order valence-electron chi connectivity index (χ2n) is 9.22. The summed E-state index contributed by atoms with van der Waals surface area (Å²) in [6.45, 7) is 5.72. The molecule has 1 N–H and O–H groups in total. The highest BCUT2D eigenvalue weighted by molar-refractivity contribution is 5.98. The van der Waals surface area contributed by atoms with Gasteiger partial charge >= 0.3 is 0 Å². The number of nitrogens with zero attached hydrogens (tertiary/aromatic N) is 2. The van der Waals surface area contributed by atoms with Gasteiger partial charge in [0.2, 0.25) is 11.8 Å². The van der Waals surface area contributed by atoms with Crippen molar-refractivity contribution in [3.8, 4) is 0 Å². The molecule has 3 aliphatic rings. The van der Waals surface area contributed by atoms with Gasteiger partial charge in [0.15, 0.2) is 0 Å². The van der Waals surface area contributed by atoms with Crippen molar-refractivity contribution in [1.29, 1.82) is 0 Å². The zero-order valence-electron chi connectivity index (χ0n) is 19.7. The third-order valence-electron chi connectivity index (χ3n) is 6.94. The summed E-state index contributed by atoms with van der Waals surface area (Å²) < 4.78 is 10.5. The molecule has 8 heteroatoms. The van der Waals surface area contributed by atoms with E-state index < -0.39 is 5.92 Å². The third kappa shape index (κ3) is 6.54. The lowest BCUT2D eigenvalue weighted by Gasteiger charge is -2.37. The minimum absolute atomic E-state index is 0.0392. The van der Waals surface area contributed by atoms with Gasteiger partial charge in [-0.15, -0.1) is 0 Å². The van der Waals surface area contributed by atoms with Crippen LogP contribution in [0.1, 0.15) is 58.3 Å². The largest absolute Gasteiger partial charge is 0.385 e. The van der Waals surface area contributed by atoms with Crippen molar-refractivity contribution in [3.05, 3.63) is 11.3 Å². The number of amides is 3. The van der Waals surface area contributed by atoms with Crippen molar-refractivity contribution in [2.75, 3.05) is 53.1 Å². The van der Waals surface area contributed by atoms with Crippen LogP contribution in [0.2, 0.25) is 0 Å².